The highest BCUT2D eigenvalue weighted by molar-refractivity contribution is 5.41. The molecule has 1 fully saturated rings. The van der Waals surface area contributed by atoms with Crippen LogP contribution in [-0.4, -0.2) is 36.5 Å². The number of aromatic amines is 1. The first-order chi connectivity index (χ1) is 7.07. The predicted octanol–water partition coefficient (Wildman–Crippen LogP) is 1.54. The zero-order valence-electron chi connectivity index (χ0n) is 9.71. The summed E-state index contributed by atoms with van der Waals surface area (Å²) in [5.41, 5.74) is 1.23. The van der Waals surface area contributed by atoms with Crippen molar-refractivity contribution >= 4 is 5.82 Å². The van der Waals surface area contributed by atoms with Crippen LogP contribution in [0, 0.1) is 0 Å². The SMILES string of the molecule is CC(C)(C)c1cc(N2CCOCC2)[nH]n1. The van der Waals surface area contributed by atoms with E-state index in [1.54, 1.807) is 0 Å². The summed E-state index contributed by atoms with van der Waals surface area (Å²) >= 11 is 0. The Hall–Kier alpha value is -1.03. The largest absolute Gasteiger partial charge is 0.378 e. The lowest BCUT2D eigenvalue weighted by Crippen LogP contribution is -2.36. The summed E-state index contributed by atoms with van der Waals surface area (Å²) in [7, 11) is 0. The Bertz CT molecular complexity index is 321. The van der Waals surface area contributed by atoms with Crippen LogP contribution in [0.3, 0.4) is 0 Å². The molecule has 2 rings (SSSR count). The van der Waals surface area contributed by atoms with Crippen molar-refractivity contribution in [3.8, 4) is 0 Å². The van der Waals surface area contributed by atoms with E-state index in [9.17, 15) is 0 Å². The number of H-pyrrole nitrogens is 1. The molecule has 1 saturated heterocycles. The van der Waals surface area contributed by atoms with Gasteiger partial charge in [-0.05, 0) is 0 Å². The molecule has 0 amide bonds. The molecule has 1 aliphatic rings. The van der Waals surface area contributed by atoms with Gasteiger partial charge in [0.25, 0.3) is 0 Å². The maximum absolute atomic E-state index is 5.32. The number of nitrogens with one attached hydrogen (secondary N) is 1. The van der Waals surface area contributed by atoms with Crippen molar-refractivity contribution < 1.29 is 4.74 Å². The number of anilines is 1. The Balaban J connectivity index is 2.12. The summed E-state index contributed by atoms with van der Waals surface area (Å²) in [5, 5.41) is 7.46. The maximum atomic E-state index is 5.32. The van der Waals surface area contributed by atoms with Gasteiger partial charge < -0.3 is 9.64 Å². The second-order valence-electron chi connectivity index (χ2n) is 4.99. The Morgan fingerprint density at radius 3 is 2.53 bits per heavy atom. The minimum Gasteiger partial charge on any atom is -0.378 e. The van der Waals surface area contributed by atoms with Crippen LogP contribution >= 0.6 is 0 Å². The van der Waals surface area contributed by atoms with E-state index in [0.717, 1.165) is 37.8 Å². The van der Waals surface area contributed by atoms with Gasteiger partial charge in [0.1, 0.15) is 5.82 Å². The molecular formula is C11H19N3O. The molecular weight excluding hydrogens is 190 g/mol. The van der Waals surface area contributed by atoms with Crippen LogP contribution in [0.25, 0.3) is 0 Å². The lowest BCUT2D eigenvalue weighted by molar-refractivity contribution is 0.122. The van der Waals surface area contributed by atoms with Gasteiger partial charge in [0.15, 0.2) is 0 Å². The van der Waals surface area contributed by atoms with Gasteiger partial charge in [0.05, 0.1) is 18.9 Å². The fourth-order valence-corrected chi connectivity index (χ4v) is 1.66. The van der Waals surface area contributed by atoms with Crippen molar-refractivity contribution in [1.29, 1.82) is 0 Å². The van der Waals surface area contributed by atoms with Gasteiger partial charge in [-0.3, -0.25) is 5.10 Å². The van der Waals surface area contributed by atoms with Gasteiger partial charge in [-0.25, -0.2) is 0 Å². The number of morpholine rings is 1. The first-order valence-corrected chi connectivity index (χ1v) is 5.46. The second-order valence-corrected chi connectivity index (χ2v) is 4.99. The third kappa shape index (κ3) is 2.31. The van der Waals surface area contributed by atoms with Crippen molar-refractivity contribution in [2.45, 2.75) is 26.2 Å². The topological polar surface area (TPSA) is 41.1 Å². The molecule has 1 aromatic rings. The van der Waals surface area contributed by atoms with E-state index in [1.807, 2.05) is 0 Å². The molecule has 1 aliphatic heterocycles. The Labute approximate surface area is 90.6 Å². The van der Waals surface area contributed by atoms with E-state index in [1.165, 1.54) is 0 Å². The highest BCUT2D eigenvalue weighted by Crippen LogP contribution is 2.23. The predicted molar refractivity (Wildman–Crippen MR) is 60.3 cm³/mol. The molecule has 0 aromatic carbocycles. The fourth-order valence-electron chi connectivity index (χ4n) is 1.66. The molecule has 1 N–H and O–H groups in total. The molecule has 2 heterocycles. The minimum absolute atomic E-state index is 0.112. The maximum Gasteiger partial charge on any atom is 0.124 e. The van der Waals surface area contributed by atoms with Crippen LogP contribution in [0.5, 0.6) is 0 Å². The minimum atomic E-state index is 0.112. The molecule has 0 saturated carbocycles. The number of rotatable bonds is 1. The molecule has 4 heteroatoms. The number of hydrogen-bond acceptors (Lipinski definition) is 3. The summed E-state index contributed by atoms with van der Waals surface area (Å²) in [4.78, 5) is 2.28. The summed E-state index contributed by atoms with van der Waals surface area (Å²) in [6.07, 6.45) is 0. The van der Waals surface area contributed by atoms with Gasteiger partial charge in [-0.2, -0.15) is 5.10 Å². The van der Waals surface area contributed by atoms with Gasteiger partial charge in [0, 0.05) is 24.6 Å². The van der Waals surface area contributed by atoms with Crippen molar-refractivity contribution in [2.24, 2.45) is 0 Å². The average molecular weight is 209 g/mol. The molecule has 84 valence electrons. The zero-order valence-corrected chi connectivity index (χ0v) is 9.71. The van der Waals surface area contributed by atoms with Gasteiger partial charge in [0.2, 0.25) is 0 Å². The monoisotopic (exact) mass is 209 g/mol. The van der Waals surface area contributed by atoms with Crippen LogP contribution in [0.15, 0.2) is 6.07 Å². The van der Waals surface area contributed by atoms with E-state index in [-0.39, 0.29) is 5.41 Å². The molecule has 0 unspecified atom stereocenters. The molecule has 0 aliphatic carbocycles. The molecule has 0 spiro atoms. The second kappa shape index (κ2) is 3.85. The summed E-state index contributed by atoms with van der Waals surface area (Å²) in [6, 6.07) is 2.14. The smallest absolute Gasteiger partial charge is 0.124 e. The van der Waals surface area contributed by atoms with Gasteiger partial charge >= 0.3 is 0 Å². The lowest BCUT2D eigenvalue weighted by Gasteiger charge is -2.26. The third-order valence-corrected chi connectivity index (χ3v) is 2.68. The fraction of sp³-hybridized carbons (Fsp3) is 0.727. The highest BCUT2D eigenvalue weighted by Gasteiger charge is 2.20. The van der Waals surface area contributed by atoms with Crippen LogP contribution in [0.2, 0.25) is 0 Å². The number of nitrogens with zero attached hydrogens (tertiary/aromatic N) is 2. The van der Waals surface area contributed by atoms with Crippen LogP contribution < -0.4 is 4.90 Å². The van der Waals surface area contributed by atoms with Crippen molar-refractivity contribution in [3.05, 3.63) is 11.8 Å². The molecule has 0 radical (unpaired) electrons. The average Bonchev–Trinajstić information content (AvgIpc) is 2.67. The van der Waals surface area contributed by atoms with E-state index < -0.39 is 0 Å². The first-order valence-electron chi connectivity index (χ1n) is 5.46. The van der Waals surface area contributed by atoms with Crippen LogP contribution in [0.1, 0.15) is 26.5 Å². The zero-order chi connectivity index (χ0) is 10.9. The van der Waals surface area contributed by atoms with E-state index >= 15 is 0 Å². The quantitative estimate of drug-likeness (QED) is 0.763. The molecule has 15 heavy (non-hydrogen) atoms. The third-order valence-electron chi connectivity index (χ3n) is 2.68. The molecule has 0 atom stereocenters. The van der Waals surface area contributed by atoms with E-state index in [4.69, 9.17) is 4.74 Å². The normalized spacial score (nSPS) is 18.2. The van der Waals surface area contributed by atoms with Crippen molar-refractivity contribution in [1.82, 2.24) is 10.2 Å². The van der Waals surface area contributed by atoms with Crippen LogP contribution in [-0.2, 0) is 10.2 Å². The summed E-state index contributed by atoms with van der Waals surface area (Å²) < 4.78 is 5.32. The van der Waals surface area contributed by atoms with E-state index in [0.29, 0.717) is 0 Å². The highest BCUT2D eigenvalue weighted by atomic mass is 16.5. The van der Waals surface area contributed by atoms with Gasteiger partial charge in [-0.1, -0.05) is 20.8 Å². The standard InChI is InChI=1S/C11H19N3O/c1-11(2,3)9-8-10(13-12-9)14-4-6-15-7-5-14/h8H,4-7H2,1-3H3,(H,12,13). The summed E-state index contributed by atoms with van der Waals surface area (Å²) in [6.45, 7) is 10.0. The Morgan fingerprint density at radius 2 is 2.00 bits per heavy atom. The van der Waals surface area contributed by atoms with Crippen molar-refractivity contribution in [3.63, 3.8) is 0 Å². The Kier molecular flexibility index (Phi) is 2.69. The molecule has 0 bridgehead atoms. The lowest BCUT2D eigenvalue weighted by atomic mass is 9.92. The Morgan fingerprint density at radius 1 is 1.33 bits per heavy atom. The molecule has 4 nitrogen and oxygen atoms in total. The van der Waals surface area contributed by atoms with E-state index in [2.05, 4.69) is 41.9 Å². The summed E-state index contributed by atoms with van der Waals surface area (Å²) in [5.74, 6) is 1.11. The number of hydrogen-bond donors (Lipinski definition) is 1. The van der Waals surface area contributed by atoms with Crippen molar-refractivity contribution in [2.75, 3.05) is 31.2 Å². The number of ether oxygens (including phenoxy) is 1. The van der Waals surface area contributed by atoms with Gasteiger partial charge in [-0.15, -0.1) is 0 Å². The van der Waals surface area contributed by atoms with Crippen LogP contribution in [0.4, 0.5) is 5.82 Å². The number of aromatic nitrogens is 2. The first kappa shape index (κ1) is 10.5. The molecule has 1 aromatic heterocycles.